The second-order valence-corrected chi connectivity index (χ2v) is 22.0. The van der Waals surface area contributed by atoms with E-state index in [2.05, 4.69) is 72.3 Å². The lowest BCUT2D eigenvalue weighted by molar-refractivity contribution is -0.137. The van der Waals surface area contributed by atoms with Crippen molar-refractivity contribution >= 4 is 65.0 Å². The van der Waals surface area contributed by atoms with Crippen molar-refractivity contribution in [1.82, 2.24) is 58.5 Å². The maximum atomic E-state index is 14.4. The second kappa shape index (κ2) is 39.4. The third kappa shape index (κ3) is 27.3. The molecule has 0 spiro atoms. The van der Waals surface area contributed by atoms with Crippen LogP contribution in [0.3, 0.4) is 0 Å². The number of carbonyl (C=O) groups is 11. The van der Waals surface area contributed by atoms with E-state index in [-0.39, 0.29) is 95.9 Å². The molecule has 470 valence electrons. The van der Waals surface area contributed by atoms with Crippen LogP contribution in [0, 0.1) is 17.8 Å². The Morgan fingerprint density at radius 2 is 0.963 bits per heavy atom. The molecule has 29 nitrogen and oxygen atoms in total. The molecular formula is C53H100N16O13. The van der Waals surface area contributed by atoms with Gasteiger partial charge >= 0.3 is 0 Å². The van der Waals surface area contributed by atoms with E-state index < -0.39 is 151 Å². The van der Waals surface area contributed by atoms with E-state index in [9.17, 15) is 63.0 Å². The largest absolute Gasteiger partial charge is 0.391 e. The standard InChI is InChI=1S/C53H100N16O13/c1-9-30(6)12-10-11-13-41(72)60-33(14-20-54)48(77)69-43(32(8)71)53(82)65-36(17-23-57)45(74)64-38-19-25-59-52(81)42(31(7)70)68-49(78)37(18-24-58)62-44(73)34(15-21-55)63-50(79)39(26-28(2)3)67-51(80)40(27-29(4)5)66-46(75)35(16-22-56)61-47(38)76/h28-40,42-43,70-71H,9-27,54-58H2,1-8H3,(H,59,81)(H,60,72)(H,61,76)(H,62,73)(H,63,79)(H,64,74)(H,65,82)(H,66,75)(H,67,80)(H,68,78)(H,69,77)/t30-,31+,32+,33-,34-,35+,36-,37-,38-,39-,40+,42-,43-/m0/s1. The molecule has 0 radical (unpaired) electrons. The highest BCUT2D eigenvalue weighted by Crippen LogP contribution is 2.14. The Balaban J connectivity index is 3.81. The van der Waals surface area contributed by atoms with Gasteiger partial charge in [0.2, 0.25) is 65.0 Å². The van der Waals surface area contributed by atoms with Crippen LogP contribution in [0.2, 0.25) is 0 Å². The fourth-order valence-corrected chi connectivity index (χ4v) is 8.76. The third-order valence-electron chi connectivity index (χ3n) is 13.7. The summed E-state index contributed by atoms with van der Waals surface area (Å²) < 4.78 is 0. The molecule has 82 heavy (non-hydrogen) atoms. The van der Waals surface area contributed by atoms with Gasteiger partial charge in [0, 0.05) is 13.0 Å². The molecule has 0 aromatic heterocycles. The Bertz CT molecular complexity index is 2070. The molecule has 1 heterocycles. The second-order valence-electron chi connectivity index (χ2n) is 22.0. The fourth-order valence-electron chi connectivity index (χ4n) is 8.76. The van der Waals surface area contributed by atoms with Crippen molar-refractivity contribution in [2.75, 3.05) is 39.3 Å². The zero-order chi connectivity index (χ0) is 62.2. The molecule has 0 aliphatic carbocycles. The highest BCUT2D eigenvalue weighted by atomic mass is 16.3. The van der Waals surface area contributed by atoms with Crippen molar-refractivity contribution in [2.45, 2.75) is 211 Å². The number of nitrogens with two attached hydrogens (primary N) is 5. The monoisotopic (exact) mass is 1170 g/mol. The van der Waals surface area contributed by atoms with Crippen molar-refractivity contribution in [3.8, 4) is 0 Å². The van der Waals surface area contributed by atoms with E-state index in [1.165, 1.54) is 13.8 Å². The van der Waals surface area contributed by atoms with Crippen LogP contribution in [-0.2, 0) is 52.7 Å². The average Bonchev–Trinajstić information content (AvgIpc) is 3.41. The van der Waals surface area contributed by atoms with Crippen LogP contribution >= 0.6 is 0 Å². The van der Waals surface area contributed by atoms with Crippen molar-refractivity contribution in [3.05, 3.63) is 0 Å². The van der Waals surface area contributed by atoms with E-state index in [0.717, 1.165) is 19.3 Å². The van der Waals surface area contributed by atoms with Crippen molar-refractivity contribution in [1.29, 1.82) is 0 Å². The fraction of sp³-hybridized carbons (Fsp3) is 0.792. The summed E-state index contributed by atoms with van der Waals surface area (Å²) in [6.45, 7) is 12.6. The first-order valence-electron chi connectivity index (χ1n) is 28.8. The molecule has 11 amide bonds. The van der Waals surface area contributed by atoms with Gasteiger partial charge in [-0.15, -0.1) is 0 Å². The highest BCUT2D eigenvalue weighted by molar-refractivity contribution is 5.99. The minimum atomic E-state index is -1.69. The summed E-state index contributed by atoms with van der Waals surface area (Å²) >= 11 is 0. The highest BCUT2D eigenvalue weighted by Gasteiger charge is 2.37. The number of amides is 11. The average molecular weight is 1170 g/mol. The predicted molar refractivity (Wildman–Crippen MR) is 305 cm³/mol. The number of aliphatic hydroxyl groups is 2. The number of hydrogen-bond acceptors (Lipinski definition) is 18. The lowest BCUT2D eigenvalue weighted by atomic mass is 9.99. The molecule has 1 rings (SSSR count). The first kappa shape index (κ1) is 73.9. The molecule has 23 N–H and O–H groups in total. The minimum Gasteiger partial charge on any atom is -0.391 e. The Kier molecular flexibility index (Phi) is 35.5. The van der Waals surface area contributed by atoms with Crippen molar-refractivity contribution in [3.63, 3.8) is 0 Å². The summed E-state index contributed by atoms with van der Waals surface area (Å²) in [6, 6.07) is -14.5. The molecule has 0 unspecified atom stereocenters. The molecular weight excluding hydrogens is 1070 g/mol. The maximum Gasteiger partial charge on any atom is 0.245 e. The normalized spacial score (nSPS) is 23.4. The first-order valence-corrected chi connectivity index (χ1v) is 28.8. The Hall–Kier alpha value is -6.11. The Morgan fingerprint density at radius 1 is 0.524 bits per heavy atom. The molecule has 1 saturated heterocycles. The van der Waals surface area contributed by atoms with Gasteiger partial charge in [0.15, 0.2) is 0 Å². The molecule has 13 atom stereocenters. The lowest BCUT2D eigenvalue weighted by Gasteiger charge is -2.29. The van der Waals surface area contributed by atoms with Gasteiger partial charge in [-0.1, -0.05) is 60.8 Å². The molecule has 0 saturated carbocycles. The van der Waals surface area contributed by atoms with Crippen molar-refractivity contribution < 1.29 is 63.0 Å². The number of aliphatic hydroxyl groups excluding tert-OH is 2. The van der Waals surface area contributed by atoms with Crippen LogP contribution in [0.4, 0.5) is 0 Å². The van der Waals surface area contributed by atoms with Crippen LogP contribution in [0.15, 0.2) is 0 Å². The van der Waals surface area contributed by atoms with Gasteiger partial charge in [-0.25, -0.2) is 0 Å². The van der Waals surface area contributed by atoms with Gasteiger partial charge in [0.1, 0.15) is 60.4 Å². The van der Waals surface area contributed by atoms with Crippen LogP contribution in [-0.4, -0.2) is 187 Å². The van der Waals surface area contributed by atoms with Gasteiger partial charge in [0.05, 0.1) is 12.2 Å². The zero-order valence-electron chi connectivity index (χ0n) is 49.4. The summed E-state index contributed by atoms with van der Waals surface area (Å²) in [6.07, 6.45) is -0.760. The SMILES string of the molecule is CC[C@H](C)CCCCC(=O)N[C@@H](CCN)C(=O)N[C@H](C(=O)N[C@@H](CCN)C(=O)N[C@H]1CCNC(=O)[C@H]([C@@H](C)O)NC(=O)[C@H](CCN)NC(=O)[C@H](CCN)NC(=O)[C@H](CC(C)C)NC(=O)[C@@H](CC(C)C)NC(=O)[C@@H](CCN)NC1=O)[C@@H](C)O. The zero-order valence-corrected chi connectivity index (χ0v) is 49.4. The molecule has 1 fully saturated rings. The van der Waals surface area contributed by atoms with Crippen molar-refractivity contribution in [2.24, 2.45) is 46.4 Å². The summed E-state index contributed by atoms with van der Waals surface area (Å²) in [7, 11) is 0. The van der Waals surface area contributed by atoms with Crippen LogP contribution < -0.4 is 87.2 Å². The van der Waals surface area contributed by atoms with E-state index in [4.69, 9.17) is 28.7 Å². The predicted octanol–water partition coefficient (Wildman–Crippen LogP) is -5.44. The molecule has 0 aromatic carbocycles. The number of unbranched alkanes of at least 4 members (excludes halogenated alkanes) is 1. The van der Waals surface area contributed by atoms with E-state index in [0.29, 0.717) is 12.3 Å². The molecule has 0 bridgehead atoms. The number of carbonyl (C=O) groups excluding carboxylic acids is 11. The lowest BCUT2D eigenvalue weighted by Crippen LogP contribution is -2.62. The van der Waals surface area contributed by atoms with Crippen LogP contribution in [0.25, 0.3) is 0 Å². The Labute approximate surface area is 482 Å². The summed E-state index contributed by atoms with van der Waals surface area (Å²) in [4.78, 5) is 153. The number of hydrogen-bond donors (Lipinski definition) is 18. The van der Waals surface area contributed by atoms with E-state index in [1.54, 1.807) is 27.7 Å². The molecule has 0 aromatic rings. The van der Waals surface area contributed by atoms with Crippen LogP contribution in [0.5, 0.6) is 0 Å². The minimum absolute atomic E-state index is 0.0131. The molecule has 1 aliphatic heterocycles. The van der Waals surface area contributed by atoms with E-state index in [1.807, 2.05) is 0 Å². The quantitative estimate of drug-likeness (QED) is 0.0311. The first-order chi connectivity index (χ1) is 38.7. The van der Waals surface area contributed by atoms with Gasteiger partial charge < -0.3 is 97.4 Å². The molecule has 1 aliphatic rings. The van der Waals surface area contributed by atoms with Crippen LogP contribution in [0.1, 0.15) is 139 Å². The van der Waals surface area contributed by atoms with Gasteiger partial charge in [-0.05, 0) is 122 Å². The maximum absolute atomic E-state index is 14.4. The summed E-state index contributed by atoms with van der Waals surface area (Å²) in [5.41, 5.74) is 29.2. The smallest absolute Gasteiger partial charge is 0.245 e. The Morgan fingerprint density at radius 3 is 1.39 bits per heavy atom. The summed E-state index contributed by atoms with van der Waals surface area (Å²) in [5.74, 6) is -9.49. The third-order valence-corrected chi connectivity index (χ3v) is 13.7. The number of nitrogens with one attached hydrogen (secondary N) is 11. The van der Waals surface area contributed by atoms with E-state index >= 15 is 0 Å². The van der Waals surface area contributed by atoms with Gasteiger partial charge in [-0.3, -0.25) is 52.7 Å². The summed E-state index contributed by atoms with van der Waals surface area (Å²) in [5, 5.41) is 49.5. The topological polar surface area (TPSA) is 491 Å². The van der Waals surface area contributed by atoms with Gasteiger partial charge in [-0.2, -0.15) is 0 Å². The number of rotatable bonds is 29. The van der Waals surface area contributed by atoms with Gasteiger partial charge in [0.25, 0.3) is 0 Å². The molecule has 29 heteroatoms.